The van der Waals surface area contributed by atoms with Crippen LogP contribution < -0.4 is 0 Å². The standard InChI is InChI=1S/C16H23Cl2N.ClH/c1-3-19(2)12-16(9-5-4-6-10-16)13-7-8-14(17)15(18)11-13;/h7-8,11H,3-6,9-10,12H2,1-2H3;1H. The van der Waals surface area contributed by atoms with Gasteiger partial charge in [0.25, 0.3) is 0 Å². The van der Waals surface area contributed by atoms with Gasteiger partial charge in [-0.05, 0) is 44.1 Å². The number of likely N-dealkylation sites (N-methyl/N-ethyl adjacent to an activating group) is 1. The lowest BCUT2D eigenvalue weighted by molar-refractivity contribution is 0.199. The normalized spacial score (nSPS) is 17.9. The Labute approximate surface area is 139 Å². The molecule has 20 heavy (non-hydrogen) atoms. The molecule has 1 aromatic carbocycles. The molecular weight excluding hydrogens is 313 g/mol. The molecule has 1 saturated carbocycles. The molecular formula is C16H24Cl3N. The number of hydrogen-bond acceptors (Lipinski definition) is 1. The molecule has 2 rings (SSSR count). The lowest BCUT2D eigenvalue weighted by Gasteiger charge is -2.40. The monoisotopic (exact) mass is 335 g/mol. The number of benzene rings is 1. The summed E-state index contributed by atoms with van der Waals surface area (Å²) in [4.78, 5) is 2.41. The van der Waals surface area contributed by atoms with E-state index in [0.717, 1.165) is 13.1 Å². The molecule has 0 saturated heterocycles. The van der Waals surface area contributed by atoms with Crippen molar-refractivity contribution in [3.63, 3.8) is 0 Å². The third-order valence-electron chi connectivity index (χ3n) is 4.46. The Balaban J connectivity index is 0.00000200. The second-order valence-corrected chi connectivity index (χ2v) is 6.61. The largest absolute Gasteiger partial charge is 0.306 e. The number of rotatable bonds is 4. The summed E-state index contributed by atoms with van der Waals surface area (Å²) < 4.78 is 0. The lowest BCUT2D eigenvalue weighted by atomic mass is 9.69. The highest BCUT2D eigenvalue weighted by atomic mass is 35.5. The van der Waals surface area contributed by atoms with Crippen molar-refractivity contribution in [3.8, 4) is 0 Å². The average molecular weight is 337 g/mol. The van der Waals surface area contributed by atoms with Crippen molar-refractivity contribution in [2.75, 3.05) is 20.1 Å². The van der Waals surface area contributed by atoms with Crippen molar-refractivity contribution in [2.24, 2.45) is 0 Å². The molecule has 1 aliphatic carbocycles. The van der Waals surface area contributed by atoms with Gasteiger partial charge >= 0.3 is 0 Å². The molecule has 0 aliphatic heterocycles. The third kappa shape index (κ3) is 4.04. The van der Waals surface area contributed by atoms with E-state index < -0.39 is 0 Å². The summed E-state index contributed by atoms with van der Waals surface area (Å²) in [7, 11) is 2.20. The maximum Gasteiger partial charge on any atom is 0.0595 e. The Morgan fingerprint density at radius 3 is 2.30 bits per heavy atom. The van der Waals surface area contributed by atoms with Gasteiger partial charge in [-0.2, -0.15) is 0 Å². The fraction of sp³-hybridized carbons (Fsp3) is 0.625. The van der Waals surface area contributed by atoms with Crippen molar-refractivity contribution in [3.05, 3.63) is 33.8 Å². The molecule has 4 heteroatoms. The topological polar surface area (TPSA) is 3.24 Å². The van der Waals surface area contributed by atoms with Gasteiger partial charge in [-0.1, -0.05) is 55.5 Å². The first-order valence-electron chi connectivity index (χ1n) is 7.21. The van der Waals surface area contributed by atoms with Crippen LogP contribution in [0.2, 0.25) is 10.0 Å². The quantitative estimate of drug-likeness (QED) is 0.695. The van der Waals surface area contributed by atoms with Gasteiger partial charge in [0, 0.05) is 12.0 Å². The van der Waals surface area contributed by atoms with Crippen LogP contribution in [-0.4, -0.2) is 25.0 Å². The zero-order valence-electron chi connectivity index (χ0n) is 12.3. The maximum atomic E-state index is 6.22. The fourth-order valence-electron chi connectivity index (χ4n) is 3.22. The Bertz CT molecular complexity index is 428. The predicted octanol–water partition coefficient (Wildman–Crippen LogP) is 5.57. The van der Waals surface area contributed by atoms with E-state index in [2.05, 4.69) is 31.0 Å². The third-order valence-corrected chi connectivity index (χ3v) is 5.19. The summed E-state index contributed by atoms with van der Waals surface area (Å²) in [5, 5.41) is 1.34. The summed E-state index contributed by atoms with van der Waals surface area (Å²) in [6, 6.07) is 6.20. The molecule has 0 atom stereocenters. The van der Waals surface area contributed by atoms with Crippen molar-refractivity contribution in [2.45, 2.75) is 44.4 Å². The van der Waals surface area contributed by atoms with Gasteiger partial charge in [0.2, 0.25) is 0 Å². The van der Waals surface area contributed by atoms with E-state index >= 15 is 0 Å². The van der Waals surface area contributed by atoms with Gasteiger partial charge in [-0.3, -0.25) is 0 Å². The summed E-state index contributed by atoms with van der Waals surface area (Å²) in [5.41, 5.74) is 1.62. The van der Waals surface area contributed by atoms with Crippen molar-refractivity contribution in [1.82, 2.24) is 4.90 Å². The molecule has 0 unspecified atom stereocenters. The van der Waals surface area contributed by atoms with Crippen LogP contribution in [0.3, 0.4) is 0 Å². The first-order chi connectivity index (χ1) is 9.07. The van der Waals surface area contributed by atoms with Crippen LogP contribution >= 0.6 is 35.6 Å². The first-order valence-corrected chi connectivity index (χ1v) is 7.97. The van der Waals surface area contributed by atoms with Crippen molar-refractivity contribution in [1.29, 1.82) is 0 Å². The second kappa shape index (κ2) is 7.89. The number of halogens is 3. The van der Waals surface area contributed by atoms with E-state index in [9.17, 15) is 0 Å². The molecule has 0 bridgehead atoms. The molecule has 1 nitrogen and oxygen atoms in total. The summed E-state index contributed by atoms with van der Waals surface area (Å²) in [6.07, 6.45) is 6.51. The van der Waals surface area contributed by atoms with Crippen molar-refractivity contribution >= 4 is 35.6 Å². The Kier molecular flexibility index (Phi) is 7.14. The van der Waals surface area contributed by atoms with Crippen LogP contribution in [0.4, 0.5) is 0 Å². The fourth-order valence-corrected chi connectivity index (χ4v) is 3.52. The Morgan fingerprint density at radius 1 is 1.10 bits per heavy atom. The van der Waals surface area contributed by atoms with Crippen molar-refractivity contribution < 1.29 is 0 Å². The zero-order valence-corrected chi connectivity index (χ0v) is 14.6. The number of nitrogens with zero attached hydrogens (tertiary/aromatic N) is 1. The molecule has 0 heterocycles. The maximum absolute atomic E-state index is 6.22. The van der Waals surface area contributed by atoms with Crippen LogP contribution in [0.5, 0.6) is 0 Å². The smallest absolute Gasteiger partial charge is 0.0595 e. The second-order valence-electron chi connectivity index (χ2n) is 5.80. The number of hydrogen-bond donors (Lipinski definition) is 0. The first kappa shape index (κ1) is 18.1. The van der Waals surface area contributed by atoms with Crippen LogP contribution in [0, 0.1) is 0 Å². The minimum atomic E-state index is 0. The predicted molar refractivity (Wildman–Crippen MR) is 91.6 cm³/mol. The Hall–Kier alpha value is 0.0500. The van der Waals surface area contributed by atoms with E-state index in [1.54, 1.807) is 0 Å². The van der Waals surface area contributed by atoms with Crippen LogP contribution in [0.15, 0.2) is 18.2 Å². The van der Waals surface area contributed by atoms with Gasteiger partial charge in [0.05, 0.1) is 10.0 Å². The molecule has 1 aliphatic rings. The van der Waals surface area contributed by atoms with Gasteiger partial charge < -0.3 is 4.90 Å². The highest BCUT2D eigenvalue weighted by Crippen LogP contribution is 2.41. The average Bonchev–Trinajstić information content (AvgIpc) is 2.42. The summed E-state index contributed by atoms with van der Waals surface area (Å²) in [5.74, 6) is 0. The van der Waals surface area contributed by atoms with E-state index in [1.165, 1.54) is 37.7 Å². The lowest BCUT2D eigenvalue weighted by Crippen LogP contribution is -2.40. The SMILES string of the molecule is CCN(C)CC1(c2ccc(Cl)c(Cl)c2)CCCCC1.Cl. The summed E-state index contributed by atoms with van der Waals surface area (Å²) >= 11 is 12.3. The van der Waals surface area contributed by atoms with Crippen LogP contribution in [-0.2, 0) is 5.41 Å². The van der Waals surface area contributed by atoms with Gasteiger partial charge in [0.15, 0.2) is 0 Å². The molecule has 1 aromatic rings. The molecule has 0 radical (unpaired) electrons. The van der Waals surface area contributed by atoms with Crippen LogP contribution in [0.25, 0.3) is 0 Å². The molecule has 114 valence electrons. The minimum absolute atomic E-state index is 0. The zero-order chi connectivity index (χ0) is 13.9. The van der Waals surface area contributed by atoms with E-state index in [-0.39, 0.29) is 17.8 Å². The van der Waals surface area contributed by atoms with Gasteiger partial charge in [-0.25, -0.2) is 0 Å². The molecule has 0 spiro atoms. The summed E-state index contributed by atoms with van der Waals surface area (Å²) in [6.45, 7) is 4.41. The highest BCUT2D eigenvalue weighted by Gasteiger charge is 2.34. The van der Waals surface area contributed by atoms with Crippen LogP contribution in [0.1, 0.15) is 44.6 Å². The van der Waals surface area contributed by atoms with Gasteiger partial charge in [-0.15, -0.1) is 12.4 Å². The van der Waals surface area contributed by atoms with E-state index in [0.29, 0.717) is 10.0 Å². The molecule has 0 N–H and O–H groups in total. The van der Waals surface area contributed by atoms with E-state index in [1.807, 2.05) is 6.07 Å². The minimum Gasteiger partial charge on any atom is -0.306 e. The molecule has 0 aromatic heterocycles. The van der Waals surface area contributed by atoms with Gasteiger partial charge in [0.1, 0.15) is 0 Å². The van der Waals surface area contributed by atoms with E-state index in [4.69, 9.17) is 23.2 Å². The molecule has 0 amide bonds. The molecule has 1 fully saturated rings. The highest BCUT2D eigenvalue weighted by molar-refractivity contribution is 6.42. The Morgan fingerprint density at radius 2 is 1.75 bits per heavy atom.